The van der Waals surface area contributed by atoms with Gasteiger partial charge in [0.2, 0.25) is 0 Å². The van der Waals surface area contributed by atoms with Crippen molar-refractivity contribution in [3.05, 3.63) is 31.7 Å². The van der Waals surface area contributed by atoms with Gasteiger partial charge in [0.1, 0.15) is 0 Å². The molecule has 1 aromatic rings. The van der Waals surface area contributed by atoms with Crippen molar-refractivity contribution in [1.29, 1.82) is 0 Å². The number of carbonyl (C=O) groups is 1. The van der Waals surface area contributed by atoms with Crippen molar-refractivity contribution in [2.75, 3.05) is 0 Å². The Balaban J connectivity index is 2.44. The Morgan fingerprint density at radius 3 is 2.29 bits per heavy atom. The molecule has 5 heteroatoms. The highest BCUT2D eigenvalue weighted by Crippen LogP contribution is 2.43. The van der Waals surface area contributed by atoms with Crippen LogP contribution in [0, 0.1) is 11.8 Å². The maximum atomic E-state index is 12.3. The van der Waals surface area contributed by atoms with E-state index < -0.39 is 0 Å². The van der Waals surface area contributed by atoms with E-state index in [0.717, 1.165) is 12.8 Å². The van der Waals surface area contributed by atoms with Gasteiger partial charge in [-0.2, -0.15) is 0 Å². The van der Waals surface area contributed by atoms with E-state index in [1.165, 1.54) is 6.07 Å². The van der Waals surface area contributed by atoms with Gasteiger partial charge >= 0.3 is 0 Å². The fourth-order valence-corrected chi connectivity index (χ4v) is 2.93. The lowest BCUT2D eigenvalue weighted by atomic mass is 9.95. The fourth-order valence-electron chi connectivity index (χ4n) is 1.83. The van der Waals surface area contributed by atoms with Gasteiger partial charge in [0, 0.05) is 5.92 Å². The topological polar surface area (TPSA) is 17.1 Å². The normalized spacial score (nSPS) is 17.0. The molecule has 0 spiro atoms. The molecule has 1 nitrogen and oxygen atoms in total. The summed E-state index contributed by atoms with van der Waals surface area (Å²) in [4.78, 5) is 12.3. The highest BCUT2D eigenvalue weighted by Gasteiger charge is 2.35. The van der Waals surface area contributed by atoms with Gasteiger partial charge in [-0.1, -0.05) is 53.3 Å². The third-order valence-corrected chi connectivity index (χ3v) is 4.66. The number of halogens is 4. The van der Waals surface area contributed by atoms with E-state index in [1.54, 1.807) is 0 Å². The lowest BCUT2D eigenvalue weighted by Gasteiger charge is -2.13. The highest BCUT2D eigenvalue weighted by atomic mass is 35.5. The molecular weight excluding hydrogens is 302 g/mol. The van der Waals surface area contributed by atoms with Crippen LogP contribution in [0.2, 0.25) is 20.1 Å². The quantitative estimate of drug-likeness (QED) is 0.407. The first kappa shape index (κ1) is 13.5. The lowest BCUT2D eigenvalue weighted by molar-refractivity contribution is 0.0916. The molecule has 0 aromatic heterocycles. The number of rotatable bonds is 3. The van der Waals surface area contributed by atoms with Crippen molar-refractivity contribution in [2.45, 2.75) is 19.8 Å². The lowest BCUT2D eigenvalue weighted by Crippen LogP contribution is -2.14. The predicted octanol–water partition coefficient (Wildman–Crippen LogP) is 5.53. The van der Waals surface area contributed by atoms with E-state index in [4.69, 9.17) is 46.4 Å². The minimum Gasteiger partial charge on any atom is -0.294 e. The Morgan fingerprint density at radius 2 is 1.76 bits per heavy atom. The van der Waals surface area contributed by atoms with E-state index >= 15 is 0 Å². The summed E-state index contributed by atoms with van der Waals surface area (Å²) in [6, 6.07) is 1.46. The van der Waals surface area contributed by atoms with Crippen molar-refractivity contribution in [2.24, 2.45) is 11.8 Å². The summed E-state index contributed by atoms with van der Waals surface area (Å²) in [6.07, 6.45) is 2.17. The second kappa shape index (κ2) is 4.97. The minimum absolute atomic E-state index is 0.0546. The molecule has 0 amide bonds. The van der Waals surface area contributed by atoms with Gasteiger partial charge in [-0.25, -0.2) is 0 Å². The summed E-state index contributed by atoms with van der Waals surface area (Å²) in [5.41, 5.74) is 0.294. The number of hydrogen-bond acceptors (Lipinski definition) is 1. The Bertz CT molecular complexity index is 480. The highest BCUT2D eigenvalue weighted by molar-refractivity contribution is 6.51. The summed E-state index contributed by atoms with van der Waals surface area (Å²) in [5.74, 6) is 0.326. The van der Waals surface area contributed by atoms with Crippen LogP contribution in [0.1, 0.15) is 30.1 Å². The van der Waals surface area contributed by atoms with Crippen LogP contribution >= 0.6 is 46.4 Å². The first-order valence-corrected chi connectivity index (χ1v) is 6.82. The van der Waals surface area contributed by atoms with Crippen LogP contribution in [-0.2, 0) is 0 Å². The second-order valence-corrected chi connectivity index (χ2v) is 5.90. The SMILES string of the molecule is CC(C(=O)c1c(Cl)cc(Cl)c(Cl)c1Cl)C1CC1. The van der Waals surface area contributed by atoms with E-state index in [0.29, 0.717) is 11.5 Å². The molecule has 1 fully saturated rings. The zero-order valence-electron chi connectivity index (χ0n) is 9.07. The molecule has 1 unspecified atom stereocenters. The largest absolute Gasteiger partial charge is 0.294 e. The first-order valence-electron chi connectivity index (χ1n) is 5.30. The number of ketones is 1. The Hall–Kier alpha value is 0.0500. The van der Waals surface area contributed by atoms with Crippen LogP contribution < -0.4 is 0 Å². The second-order valence-electron chi connectivity index (χ2n) is 4.33. The maximum absolute atomic E-state index is 12.3. The number of Topliss-reactive ketones (excluding diaryl/α,β-unsaturated/α-hetero) is 1. The van der Waals surface area contributed by atoms with Crippen molar-refractivity contribution < 1.29 is 4.79 Å². The van der Waals surface area contributed by atoms with Crippen LogP contribution in [0.3, 0.4) is 0 Å². The average molecular weight is 312 g/mol. The molecule has 0 radical (unpaired) electrons. The molecule has 92 valence electrons. The van der Waals surface area contributed by atoms with Gasteiger partial charge in [0.25, 0.3) is 0 Å². The van der Waals surface area contributed by atoms with Crippen LogP contribution in [-0.4, -0.2) is 5.78 Å². The summed E-state index contributed by atoms with van der Waals surface area (Å²) < 4.78 is 0. The van der Waals surface area contributed by atoms with Gasteiger partial charge in [-0.3, -0.25) is 4.79 Å². The molecule has 2 rings (SSSR count). The van der Waals surface area contributed by atoms with Crippen molar-refractivity contribution in [3.8, 4) is 0 Å². The van der Waals surface area contributed by atoms with E-state index in [-0.39, 0.29) is 31.8 Å². The average Bonchev–Trinajstić information content (AvgIpc) is 3.08. The molecule has 0 aliphatic heterocycles. The minimum atomic E-state index is -0.0674. The Labute approximate surface area is 120 Å². The third-order valence-electron chi connectivity index (χ3n) is 3.10. The van der Waals surface area contributed by atoms with Crippen LogP contribution in [0.25, 0.3) is 0 Å². The van der Waals surface area contributed by atoms with Crippen molar-refractivity contribution >= 4 is 52.2 Å². The Kier molecular flexibility index (Phi) is 3.94. The molecule has 0 heterocycles. The summed E-state index contributed by atoms with van der Waals surface area (Å²) in [7, 11) is 0. The fraction of sp³-hybridized carbons (Fsp3) is 0.417. The van der Waals surface area contributed by atoms with Crippen LogP contribution in [0.4, 0.5) is 0 Å². The third kappa shape index (κ3) is 2.58. The molecule has 1 aliphatic carbocycles. The van der Waals surface area contributed by atoms with Gasteiger partial charge in [-0.15, -0.1) is 0 Å². The first-order chi connectivity index (χ1) is 7.93. The Morgan fingerprint density at radius 1 is 1.18 bits per heavy atom. The van der Waals surface area contributed by atoms with Crippen molar-refractivity contribution in [1.82, 2.24) is 0 Å². The summed E-state index contributed by atoms with van der Waals surface area (Å²) in [5, 5.41) is 0.866. The summed E-state index contributed by atoms with van der Waals surface area (Å²) in [6.45, 7) is 1.90. The molecule has 0 N–H and O–H groups in total. The number of carbonyl (C=O) groups excluding carboxylic acids is 1. The van der Waals surface area contributed by atoms with Crippen LogP contribution in [0.5, 0.6) is 0 Å². The molecule has 1 atom stereocenters. The molecule has 1 aromatic carbocycles. The smallest absolute Gasteiger partial charge is 0.168 e. The number of benzene rings is 1. The molecule has 1 saturated carbocycles. The summed E-state index contributed by atoms with van der Waals surface area (Å²) >= 11 is 23.8. The predicted molar refractivity (Wildman–Crippen MR) is 72.7 cm³/mol. The van der Waals surface area contributed by atoms with Crippen LogP contribution in [0.15, 0.2) is 6.07 Å². The van der Waals surface area contributed by atoms with Gasteiger partial charge in [0.05, 0.1) is 25.7 Å². The molecule has 17 heavy (non-hydrogen) atoms. The molecular formula is C12H10Cl4O. The molecule has 0 saturated heterocycles. The maximum Gasteiger partial charge on any atom is 0.168 e. The molecule has 1 aliphatic rings. The van der Waals surface area contributed by atoms with E-state index in [1.807, 2.05) is 6.92 Å². The molecule has 0 bridgehead atoms. The van der Waals surface area contributed by atoms with E-state index in [2.05, 4.69) is 0 Å². The zero-order valence-corrected chi connectivity index (χ0v) is 12.1. The van der Waals surface area contributed by atoms with Gasteiger partial charge < -0.3 is 0 Å². The van der Waals surface area contributed by atoms with Gasteiger partial charge in [0.15, 0.2) is 5.78 Å². The van der Waals surface area contributed by atoms with Crippen molar-refractivity contribution in [3.63, 3.8) is 0 Å². The standard InChI is InChI=1S/C12H10Cl4O/c1-5(6-2-3-6)12(17)9-7(13)4-8(14)10(15)11(9)16/h4-6H,2-3H2,1H3. The zero-order chi connectivity index (χ0) is 12.7. The van der Waals surface area contributed by atoms with E-state index in [9.17, 15) is 4.79 Å². The monoisotopic (exact) mass is 310 g/mol. The number of hydrogen-bond donors (Lipinski definition) is 0. The van der Waals surface area contributed by atoms with Gasteiger partial charge in [-0.05, 0) is 24.8 Å².